The Morgan fingerprint density at radius 2 is 1.38 bits per heavy atom. The summed E-state index contributed by atoms with van der Waals surface area (Å²) < 4.78 is 46.7. The van der Waals surface area contributed by atoms with Gasteiger partial charge >= 0.3 is 17.9 Å². The van der Waals surface area contributed by atoms with E-state index in [-0.39, 0.29) is 36.3 Å². The fraction of sp³-hybridized carbons (Fsp3) is 0.880. The van der Waals surface area contributed by atoms with Crippen molar-refractivity contribution in [2.45, 2.75) is 108 Å². The smallest absolute Gasteiger partial charge is 0.303 e. The maximum absolute atomic E-state index is 12.0. The summed E-state index contributed by atoms with van der Waals surface area (Å²) in [5.41, 5.74) is 0. The molecule has 4 aliphatic rings. The third-order valence-electron chi connectivity index (χ3n) is 7.79. The first kappa shape index (κ1) is 28.2. The predicted octanol–water partition coefficient (Wildman–Crippen LogP) is 0.686. The third-order valence-corrected chi connectivity index (χ3v) is 7.79. The van der Waals surface area contributed by atoms with E-state index in [0.717, 1.165) is 12.8 Å². The van der Waals surface area contributed by atoms with Crippen LogP contribution in [-0.4, -0.2) is 100 Å². The Balaban J connectivity index is 1.56. The second-order valence-electron chi connectivity index (χ2n) is 10.2. The lowest BCUT2D eigenvalue weighted by atomic mass is 9.70. The van der Waals surface area contributed by atoms with Gasteiger partial charge in [0.25, 0.3) is 0 Å². The normalized spacial score (nSPS) is 43.3. The minimum Gasteiger partial charge on any atom is -0.456 e. The monoisotopic (exact) mass is 529 g/mol. The Kier molecular flexibility index (Phi) is 9.08. The summed E-state index contributed by atoms with van der Waals surface area (Å²) in [4.78, 5) is 35.7. The van der Waals surface area contributed by atoms with Gasteiger partial charge in [-0.3, -0.25) is 19.7 Å². The lowest BCUT2D eigenvalue weighted by molar-refractivity contribution is -0.321. The van der Waals surface area contributed by atoms with E-state index in [1.54, 1.807) is 21.1 Å². The van der Waals surface area contributed by atoms with Crippen molar-refractivity contribution in [2.75, 3.05) is 20.8 Å². The molecule has 0 bridgehead atoms. The third kappa shape index (κ3) is 5.94. The molecule has 210 valence electrons. The average molecular weight is 530 g/mol. The summed E-state index contributed by atoms with van der Waals surface area (Å²) in [7, 11) is 3.36. The van der Waals surface area contributed by atoms with Crippen LogP contribution in [0.2, 0.25) is 0 Å². The molecule has 3 aliphatic heterocycles. The molecule has 0 amide bonds. The molecule has 0 spiro atoms. The lowest BCUT2D eigenvalue weighted by Crippen LogP contribution is -2.68. The van der Waals surface area contributed by atoms with Crippen LogP contribution >= 0.6 is 0 Å². The number of carbonyl (C=O) groups is 3. The molecule has 12 atom stereocenters. The van der Waals surface area contributed by atoms with Crippen LogP contribution < -0.4 is 5.32 Å². The summed E-state index contributed by atoms with van der Waals surface area (Å²) in [5, 5.41) is 3.61. The number of esters is 3. The molecule has 0 aromatic carbocycles. The molecule has 1 aliphatic carbocycles. The van der Waals surface area contributed by atoms with E-state index in [1.165, 1.54) is 20.8 Å². The number of nitrogens with one attached hydrogen (secondary N) is 1. The maximum Gasteiger partial charge on any atom is 0.303 e. The van der Waals surface area contributed by atoms with Gasteiger partial charge < -0.3 is 37.9 Å². The Bertz CT molecular complexity index is 839. The Labute approximate surface area is 216 Å². The fourth-order valence-corrected chi connectivity index (χ4v) is 6.43. The van der Waals surface area contributed by atoms with E-state index in [0.29, 0.717) is 13.0 Å². The number of methoxy groups -OCH3 is 2. The highest BCUT2D eigenvalue weighted by molar-refractivity contribution is 5.68. The largest absolute Gasteiger partial charge is 0.456 e. The number of carbonyl (C=O) groups excluding carboxylic acids is 3. The van der Waals surface area contributed by atoms with Crippen molar-refractivity contribution in [2.24, 2.45) is 11.8 Å². The number of hydrogen-bond donors (Lipinski definition) is 1. The average Bonchev–Trinajstić information content (AvgIpc) is 3.29. The van der Waals surface area contributed by atoms with Crippen LogP contribution in [-0.2, 0) is 52.3 Å². The van der Waals surface area contributed by atoms with Gasteiger partial charge in [-0.05, 0) is 26.2 Å². The van der Waals surface area contributed by atoms with Crippen molar-refractivity contribution in [3.05, 3.63) is 0 Å². The highest BCUT2D eigenvalue weighted by atomic mass is 16.7. The minimum atomic E-state index is -1.16. The zero-order valence-electron chi connectivity index (χ0n) is 22.2. The first-order valence-corrected chi connectivity index (χ1v) is 12.9. The minimum absolute atomic E-state index is 0.0370. The summed E-state index contributed by atoms with van der Waals surface area (Å²) in [6, 6.07) is -0.0979. The van der Waals surface area contributed by atoms with Gasteiger partial charge in [-0.25, -0.2) is 0 Å². The quantitative estimate of drug-likeness (QED) is 0.367. The molecule has 0 radical (unpaired) electrons. The number of hydrogen-bond acceptors (Lipinski definition) is 12. The van der Waals surface area contributed by atoms with Gasteiger partial charge in [-0.1, -0.05) is 0 Å². The van der Waals surface area contributed by atoms with E-state index in [1.807, 2.05) is 0 Å². The molecular weight excluding hydrogens is 490 g/mol. The predicted molar refractivity (Wildman–Crippen MR) is 125 cm³/mol. The molecule has 0 aromatic rings. The van der Waals surface area contributed by atoms with Crippen LogP contribution in [0.25, 0.3) is 0 Å². The van der Waals surface area contributed by atoms with E-state index < -0.39 is 54.7 Å². The Hall–Kier alpha value is -1.83. The van der Waals surface area contributed by atoms with Gasteiger partial charge in [0.15, 0.2) is 24.6 Å². The zero-order chi connectivity index (χ0) is 26.9. The second kappa shape index (κ2) is 11.9. The van der Waals surface area contributed by atoms with E-state index in [2.05, 4.69) is 5.32 Å². The molecule has 1 N–H and O–H groups in total. The van der Waals surface area contributed by atoms with Crippen LogP contribution in [0.3, 0.4) is 0 Å². The van der Waals surface area contributed by atoms with Crippen LogP contribution in [0.1, 0.15) is 47.0 Å². The first-order chi connectivity index (χ1) is 17.6. The number of piperidine rings is 1. The van der Waals surface area contributed by atoms with Crippen LogP contribution in [0.4, 0.5) is 0 Å². The van der Waals surface area contributed by atoms with Gasteiger partial charge in [0.2, 0.25) is 0 Å². The van der Waals surface area contributed by atoms with Crippen LogP contribution in [0.5, 0.6) is 0 Å². The highest BCUT2D eigenvalue weighted by Crippen LogP contribution is 2.43. The molecule has 3 saturated heterocycles. The topological polar surface area (TPSA) is 137 Å². The van der Waals surface area contributed by atoms with Gasteiger partial charge in [0.1, 0.15) is 6.23 Å². The number of rotatable bonds is 7. The van der Waals surface area contributed by atoms with Crippen molar-refractivity contribution in [3.63, 3.8) is 0 Å². The molecule has 0 aromatic heterocycles. The van der Waals surface area contributed by atoms with Crippen LogP contribution in [0, 0.1) is 11.8 Å². The first-order valence-electron chi connectivity index (χ1n) is 12.9. The Morgan fingerprint density at radius 1 is 0.757 bits per heavy atom. The van der Waals surface area contributed by atoms with Crippen molar-refractivity contribution in [1.82, 2.24) is 5.32 Å². The van der Waals surface area contributed by atoms with Gasteiger partial charge in [0.05, 0.1) is 24.4 Å². The number of fused-ring (bicyclic) bond motifs is 2. The van der Waals surface area contributed by atoms with Crippen molar-refractivity contribution < 1.29 is 52.3 Å². The maximum atomic E-state index is 12.0. The zero-order valence-corrected chi connectivity index (χ0v) is 22.2. The molecule has 3 heterocycles. The SMILES string of the molecule is COC1C2CCOC2NC2C1CCC(OC1OC(C)C(OC(C)=O)C(OC(C)=O)C1OC(C)=O)C2OC. The molecule has 12 unspecified atom stereocenters. The van der Waals surface area contributed by atoms with Crippen molar-refractivity contribution in [1.29, 1.82) is 0 Å². The molecule has 4 fully saturated rings. The fourth-order valence-electron chi connectivity index (χ4n) is 6.43. The van der Waals surface area contributed by atoms with Gasteiger partial charge in [-0.15, -0.1) is 0 Å². The van der Waals surface area contributed by atoms with Crippen LogP contribution in [0.15, 0.2) is 0 Å². The summed E-state index contributed by atoms with van der Waals surface area (Å²) >= 11 is 0. The molecule has 12 heteroatoms. The second-order valence-corrected chi connectivity index (χ2v) is 10.2. The van der Waals surface area contributed by atoms with Gasteiger partial charge in [0, 0.05) is 59.5 Å². The number of ether oxygens (including phenoxy) is 8. The molecular formula is C25H39NO11. The molecule has 1 saturated carbocycles. The van der Waals surface area contributed by atoms with E-state index >= 15 is 0 Å². The summed E-state index contributed by atoms with van der Waals surface area (Å²) in [6.45, 7) is 6.06. The molecule has 12 nitrogen and oxygen atoms in total. The molecule has 37 heavy (non-hydrogen) atoms. The van der Waals surface area contributed by atoms with Gasteiger partial charge in [-0.2, -0.15) is 0 Å². The summed E-state index contributed by atoms with van der Waals surface area (Å²) in [6.07, 6.45) is -3.57. The Morgan fingerprint density at radius 3 is 2.00 bits per heavy atom. The molecule has 4 rings (SSSR count). The van der Waals surface area contributed by atoms with E-state index in [9.17, 15) is 14.4 Å². The van der Waals surface area contributed by atoms with E-state index in [4.69, 9.17) is 37.9 Å². The van der Waals surface area contributed by atoms with Crippen molar-refractivity contribution >= 4 is 17.9 Å². The lowest BCUT2D eigenvalue weighted by Gasteiger charge is -2.52. The highest BCUT2D eigenvalue weighted by Gasteiger charge is 2.56. The summed E-state index contributed by atoms with van der Waals surface area (Å²) in [5.74, 6) is -1.34. The van der Waals surface area contributed by atoms with Crippen molar-refractivity contribution in [3.8, 4) is 0 Å². The standard InChI is InChI=1S/C25H39NO11/c1-11-19(34-12(2)27)22(35-13(3)28)23(36-14(4)29)25(33-11)37-17-8-7-15-18(21(17)31-6)26-24-16(9-10-32-24)20(15)30-5/h11,15-26H,7-10H2,1-6H3.